The van der Waals surface area contributed by atoms with Crippen LogP contribution in [0.4, 0.5) is 14.5 Å². The van der Waals surface area contributed by atoms with Crippen molar-refractivity contribution in [2.24, 2.45) is 0 Å². The standard InChI is InChI=1S/C13H10ClF2NOS/c14-12-6-11(17)1-2-13(12)19(18)7-8-3-9(15)5-10(16)4-8/h1-6H,7,17H2. The molecule has 0 radical (unpaired) electrons. The molecule has 2 N–H and O–H groups in total. The van der Waals surface area contributed by atoms with E-state index in [1.54, 1.807) is 12.1 Å². The van der Waals surface area contributed by atoms with Crippen molar-refractivity contribution >= 4 is 28.1 Å². The number of rotatable bonds is 3. The van der Waals surface area contributed by atoms with Gasteiger partial charge in [-0.1, -0.05) is 11.6 Å². The number of halogens is 3. The lowest BCUT2D eigenvalue weighted by atomic mass is 10.2. The normalized spacial score (nSPS) is 12.4. The van der Waals surface area contributed by atoms with Crippen LogP contribution in [-0.4, -0.2) is 4.21 Å². The van der Waals surface area contributed by atoms with Crippen LogP contribution in [0.3, 0.4) is 0 Å². The summed E-state index contributed by atoms with van der Waals surface area (Å²) >= 11 is 5.93. The van der Waals surface area contributed by atoms with Crippen molar-refractivity contribution in [3.63, 3.8) is 0 Å². The molecular weight excluding hydrogens is 292 g/mol. The summed E-state index contributed by atoms with van der Waals surface area (Å²) in [5, 5.41) is 0.273. The van der Waals surface area contributed by atoms with Crippen LogP contribution < -0.4 is 5.73 Å². The Hall–Kier alpha value is -1.46. The van der Waals surface area contributed by atoms with E-state index >= 15 is 0 Å². The molecule has 0 aliphatic rings. The summed E-state index contributed by atoms with van der Waals surface area (Å²) in [5.41, 5.74) is 6.31. The van der Waals surface area contributed by atoms with Crippen LogP contribution in [0.1, 0.15) is 5.56 Å². The van der Waals surface area contributed by atoms with Gasteiger partial charge in [-0.05, 0) is 35.9 Å². The van der Waals surface area contributed by atoms with Crippen molar-refractivity contribution in [1.82, 2.24) is 0 Å². The van der Waals surface area contributed by atoms with Gasteiger partial charge in [-0.15, -0.1) is 0 Å². The average molecular weight is 302 g/mol. The van der Waals surface area contributed by atoms with E-state index < -0.39 is 22.4 Å². The molecule has 0 aliphatic heterocycles. The average Bonchev–Trinajstić information content (AvgIpc) is 2.26. The highest BCUT2D eigenvalue weighted by atomic mass is 35.5. The molecule has 0 saturated carbocycles. The molecule has 0 aromatic heterocycles. The second kappa shape index (κ2) is 5.67. The molecule has 2 aromatic rings. The second-order valence-electron chi connectivity index (χ2n) is 3.96. The number of hydrogen-bond donors (Lipinski definition) is 1. The molecular formula is C13H10ClF2NOS. The molecule has 0 aliphatic carbocycles. The topological polar surface area (TPSA) is 43.1 Å². The zero-order valence-electron chi connectivity index (χ0n) is 9.70. The SMILES string of the molecule is Nc1ccc(S(=O)Cc2cc(F)cc(F)c2)c(Cl)c1. The number of hydrogen-bond acceptors (Lipinski definition) is 2. The summed E-state index contributed by atoms with van der Waals surface area (Å²) in [6, 6.07) is 7.66. The zero-order chi connectivity index (χ0) is 14.0. The van der Waals surface area contributed by atoms with Crippen LogP contribution in [0.25, 0.3) is 0 Å². The second-order valence-corrected chi connectivity index (χ2v) is 5.78. The first-order valence-corrected chi connectivity index (χ1v) is 7.04. The molecule has 0 amide bonds. The van der Waals surface area contributed by atoms with Crippen molar-refractivity contribution in [3.8, 4) is 0 Å². The van der Waals surface area contributed by atoms with Gasteiger partial charge in [0.1, 0.15) is 11.6 Å². The van der Waals surface area contributed by atoms with Crippen molar-refractivity contribution < 1.29 is 13.0 Å². The van der Waals surface area contributed by atoms with Crippen molar-refractivity contribution in [2.75, 3.05) is 5.73 Å². The fourth-order valence-corrected chi connectivity index (χ4v) is 3.19. The van der Waals surface area contributed by atoms with Gasteiger partial charge in [0.15, 0.2) is 0 Å². The molecule has 0 saturated heterocycles. The quantitative estimate of drug-likeness (QED) is 0.882. The Balaban J connectivity index is 2.25. The Morgan fingerprint density at radius 3 is 2.32 bits per heavy atom. The van der Waals surface area contributed by atoms with E-state index in [9.17, 15) is 13.0 Å². The summed E-state index contributed by atoms with van der Waals surface area (Å²) in [6.45, 7) is 0. The Bertz CT molecular complexity index is 628. The molecule has 1 unspecified atom stereocenters. The molecule has 0 fully saturated rings. The molecule has 2 nitrogen and oxygen atoms in total. The summed E-state index contributed by atoms with van der Waals surface area (Å²) < 4.78 is 38.2. The number of nitrogens with two attached hydrogens (primary N) is 1. The first-order chi connectivity index (χ1) is 8.95. The molecule has 0 bridgehead atoms. The van der Waals surface area contributed by atoms with Crippen LogP contribution >= 0.6 is 11.6 Å². The number of nitrogen functional groups attached to an aromatic ring is 1. The zero-order valence-corrected chi connectivity index (χ0v) is 11.3. The van der Waals surface area contributed by atoms with E-state index in [1.165, 1.54) is 6.07 Å². The smallest absolute Gasteiger partial charge is 0.126 e. The van der Waals surface area contributed by atoms with Gasteiger partial charge in [0.2, 0.25) is 0 Å². The van der Waals surface area contributed by atoms with Crippen molar-refractivity contribution in [2.45, 2.75) is 10.6 Å². The molecule has 2 aromatic carbocycles. The highest BCUT2D eigenvalue weighted by Gasteiger charge is 2.11. The molecule has 6 heteroatoms. The molecule has 19 heavy (non-hydrogen) atoms. The van der Waals surface area contributed by atoms with Crippen LogP contribution in [0, 0.1) is 11.6 Å². The van der Waals surface area contributed by atoms with Gasteiger partial charge in [-0.25, -0.2) is 8.78 Å². The van der Waals surface area contributed by atoms with Gasteiger partial charge in [0.25, 0.3) is 0 Å². The lowest BCUT2D eigenvalue weighted by Crippen LogP contribution is -1.99. The minimum absolute atomic E-state index is 0.0156. The summed E-state index contributed by atoms with van der Waals surface area (Å²) in [6.07, 6.45) is 0. The van der Waals surface area contributed by atoms with E-state index in [-0.39, 0.29) is 10.8 Å². The monoisotopic (exact) mass is 301 g/mol. The van der Waals surface area contributed by atoms with Gasteiger partial charge >= 0.3 is 0 Å². The third-order valence-electron chi connectivity index (χ3n) is 2.42. The fourth-order valence-electron chi connectivity index (χ4n) is 1.63. The Morgan fingerprint density at radius 2 is 1.74 bits per heavy atom. The Morgan fingerprint density at radius 1 is 1.11 bits per heavy atom. The van der Waals surface area contributed by atoms with Gasteiger partial charge < -0.3 is 5.73 Å². The van der Waals surface area contributed by atoms with Crippen LogP contribution in [0.15, 0.2) is 41.3 Å². The third kappa shape index (κ3) is 3.52. The first kappa shape index (κ1) is 14.0. The van der Waals surface area contributed by atoms with Crippen LogP contribution in [0.2, 0.25) is 5.02 Å². The highest BCUT2D eigenvalue weighted by molar-refractivity contribution is 7.84. The van der Waals surface area contributed by atoms with Crippen LogP contribution in [-0.2, 0) is 16.6 Å². The first-order valence-electron chi connectivity index (χ1n) is 5.34. The van der Waals surface area contributed by atoms with Gasteiger partial charge in [0.05, 0.1) is 26.5 Å². The molecule has 0 heterocycles. The molecule has 100 valence electrons. The van der Waals surface area contributed by atoms with E-state index in [0.717, 1.165) is 18.2 Å². The number of benzene rings is 2. The Labute approximate surface area is 116 Å². The van der Waals surface area contributed by atoms with E-state index in [1.807, 2.05) is 0 Å². The fraction of sp³-hybridized carbons (Fsp3) is 0.0769. The highest BCUT2D eigenvalue weighted by Crippen LogP contribution is 2.24. The Kier molecular flexibility index (Phi) is 4.17. The predicted molar refractivity (Wildman–Crippen MR) is 72.3 cm³/mol. The summed E-state index contributed by atoms with van der Waals surface area (Å²) in [7, 11) is -1.49. The maximum absolute atomic E-state index is 13.0. The summed E-state index contributed by atoms with van der Waals surface area (Å²) in [4.78, 5) is 0.389. The van der Waals surface area contributed by atoms with Crippen molar-refractivity contribution in [3.05, 3.63) is 58.6 Å². The van der Waals surface area contributed by atoms with Gasteiger partial charge in [-0.3, -0.25) is 4.21 Å². The molecule has 2 rings (SSSR count). The lowest BCUT2D eigenvalue weighted by Gasteiger charge is -2.06. The van der Waals surface area contributed by atoms with Gasteiger partial charge in [-0.2, -0.15) is 0 Å². The largest absolute Gasteiger partial charge is 0.399 e. The van der Waals surface area contributed by atoms with Gasteiger partial charge in [0, 0.05) is 11.8 Å². The maximum atomic E-state index is 13.0. The van der Waals surface area contributed by atoms with E-state index in [2.05, 4.69) is 0 Å². The summed E-state index contributed by atoms with van der Waals surface area (Å²) in [5.74, 6) is -1.41. The minimum atomic E-state index is -1.49. The van der Waals surface area contributed by atoms with E-state index in [0.29, 0.717) is 16.1 Å². The maximum Gasteiger partial charge on any atom is 0.126 e. The molecule has 1 atom stereocenters. The number of anilines is 1. The lowest BCUT2D eigenvalue weighted by molar-refractivity contribution is 0.581. The minimum Gasteiger partial charge on any atom is -0.399 e. The van der Waals surface area contributed by atoms with Crippen LogP contribution in [0.5, 0.6) is 0 Å². The van der Waals surface area contributed by atoms with Crippen molar-refractivity contribution in [1.29, 1.82) is 0 Å². The van der Waals surface area contributed by atoms with E-state index in [4.69, 9.17) is 17.3 Å². The predicted octanol–water partition coefficient (Wildman–Crippen LogP) is 3.51. The third-order valence-corrected chi connectivity index (χ3v) is 4.29. The molecule has 0 spiro atoms.